The molecular formula is C11H13NO. The van der Waals surface area contributed by atoms with Crippen LogP contribution in [0.15, 0.2) is 41.7 Å². The van der Waals surface area contributed by atoms with Gasteiger partial charge in [0.25, 0.3) is 0 Å². The van der Waals surface area contributed by atoms with E-state index in [1.54, 1.807) is 0 Å². The molecule has 0 N–H and O–H groups in total. The van der Waals surface area contributed by atoms with Crippen LogP contribution in [0.25, 0.3) is 0 Å². The summed E-state index contributed by atoms with van der Waals surface area (Å²) < 4.78 is 0. The van der Waals surface area contributed by atoms with Crippen LogP contribution in [-0.2, 0) is 6.42 Å². The van der Waals surface area contributed by atoms with Crippen LogP contribution in [0.5, 0.6) is 0 Å². The number of aryl methyl sites for hydroxylation is 2. The Bertz CT molecular complexity index is 300. The number of nitroso groups, excluding NO2 is 1. The summed E-state index contributed by atoms with van der Waals surface area (Å²) >= 11 is 0. The normalized spacial score (nSPS) is 9.62. The maximum absolute atomic E-state index is 10.0. The van der Waals surface area contributed by atoms with E-state index in [1.807, 2.05) is 0 Å². The van der Waals surface area contributed by atoms with Crippen LogP contribution in [0.1, 0.15) is 17.5 Å². The molecule has 0 bridgehead atoms. The highest BCUT2D eigenvalue weighted by atomic mass is 16.3. The van der Waals surface area contributed by atoms with Crippen LogP contribution in [0, 0.1) is 11.8 Å². The number of nitrogens with zero attached hydrogens (tertiary/aromatic N) is 1. The molecule has 0 atom stereocenters. The Balaban J connectivity index is 2.50. The Labute approximate surface area is 78.3 Å². The third-order valence-electron chi connectivity index (χ3n) is 1.95. The third kappa shape index (κ3) is 3.20. The van der Waals surface area contributed by atoms with Gasteiger partial charge >= 0.3 is 0 Å². The van der Waals surface area contributed by atoms with Crippen LogP contribution in [0.2, 0.25) is 0 Å². The first-order chi connectivity index (χ1) is 6.22. The van der Waals surface area contributed by atoms with E-state index in [2.05, 4.69) is 42.9 Å². The largest absolute Gasteiger partial charge is 0.145 e. The molecule has 1 aromatic carbocycles. The molecule has 2 nitrogen and oxygen atoms in total. The molecule has 68 valence electrons. The number of rotatable bonds is 4. The van der Waals surface area contributed by atoms with Crippen molar-refractivity contribution in [3.63, 3.8) is 0 Å². The van der Waals surface area contributed by atoms with Crippen molar-refractivity contribution in [3.05, 3.63) is 52.6 Å². The molecule has 0 aromatic heterocycles. The fourth-order valence-corrected chi connectivity index (χ4v) is 1.09. The molecule has 2 heteroatoms. The lowest BCUT2D eigenvalue weighted by molar-refractivity contribution is 0.928. The Morgan fingerprint density at radius 2 is 2.00 bits per heavy atom. The summed E-state index contributed by atoms with van der Waals surface area (Å²) in [4.78, 5) is 10.0. The topological polar surface area (TPSA) is 29.4 Å². The highest BCUT2D eigenvalue weighted by Crippen LogP contribution is 2.09. The average Bonchev–Trinajstić information content (AvgIpc) is 2.16. The van der Waals surface area contributed by atoms with Crippen molar-refractivity contribution in [2.24, 2.45) is 5.18 Å². The van der Waals surface area contributed by atoms with E-state index in [1.165, 1.54) is 11.1 Å². The molecule has 0 radical (unpaired) electrons. The molecule has 0 aliphatic carbocycles. The quantitative estimate of drug-likeness (QED) is 0.646. The standard InChI is InChI=1S/C11H13NO/c1-9-3-6-11(7-4-9)8-5-10(2)12-13/h3-4,6-7H,2,5,8H2,1H3. The van der Waals surface area contributed by atoms with Crippen LogP contribution in [0.4, 0.5) is 0 Å². The number of hydrogen-bond donors (Lipinski definition) is 0. The summed E-state index contributed by atoms with van der Waals surface area (Å²) in [5, 5.41) is 2.78. The van der Waals surface area contributed by atoms with E-state index in [-0.39, 0.29) is 0 Å². The van der Waals surface area contributed by atoms with E-state index in [9.17, 15) is 4.91 Å². The first-order valence-corrected chi connectivity index (χ1v) is 4.29. The van der Waals surface area contributed by atoms with Gasteiger partial charge in [0.1, 0.15) is 0 Å². The third-order valence-corrected chi connectivity index (χ3v) is 1.95. The second kappa shape index (κ2) is 4.55. The summed E-state index contributed by atoms with van der Waals surface area (Å²) in [6, 6.07) is 8.25. The van der Waals surface area contributed by atoms with Crippen molar-refractivity contribution in [1.82, 2.24) is 0 Å². The van der Waals surface area contributed by atoms with E-state index >= 15 is 0 Å². The fourth-order valence-electron chi connectivity index (χ4n) is 1.09. The van der Waals surface area contributed by atoms with Gasteiger partial charge in [-0.3, -0.25) is 0 Å². The van der Waals surface area contributed by atoms with Gasteiger partial charge in [0.2, 0.25) is 0 Å². The molecule has 0 amide bonds. The predicted molar refractivity (Wildman–Crippen MR) is 54.4 cm³/mol. The molecule has 1 aromatic rings. The zero-order valence-electron chi connectivity index (χ0n) is 7.79. The van der Waals surface area contributed by atoms with Crippen LogP contribution in [0.3, 0.4) is 0 Å². The first kappa shape index (κ1) is 9.65. The molecule has 0 aliphatic heterocycles. The van der Waals surface area contributed by atoms with Crippen molar-refractivity contribution in [3.8, 4) is 0 Å². The van der Waals surface area contributed by atoms with Crippen molar-refractivity contribution >= 4 is 0 Å². The lowest BCUT2D eigenvalue weighted by atomic mass is 10.1. The smallest absolute Gasteiger partial charge is 0.0780 e. The van der Waals surface area contributed by atoms with Gasteiger partial charge in [0.15, 0.2) is 0 Å². The highest BCUT2D eigenvalue weighted by molar-refractivity contribution is 5.21. The minimum Gasteiger partial charge on any atom is -0.145 e. The van der Waals surface area contributed by atoms with E-state index in [0.717, 1.165) is 6.42 Å². The molecule has 0 saturated heterocycles. The van der Waals surface area contributed by atoms with Crippen molar-refractivity contribution in [2.45, 2.75) is 19.8 Å². The van der Waals surface area contributed by atoms with Gasteiger partial charge in [-0.25, -0.2) is 0 Å². The Kier molecular flexibility index (Phi) is 3.38. The van der Waals surface area contributed by atoms with Crippen LogP contribution in [-0.4, -0.2) is 0 Å². The molecule has 0 heterocycles. The molecule has 1 rings (SSSR count). The predicted octanol–water partition coefficient (Wildman–Crippen LogP) is 3.21. The minimum atomic E-state index is 0.417. The average molecular weight is 175 g/mol. The maximum Gasteiger partial charge on any atom is 0.0780 e. The van der Waals surface area contributed by atoms with Gasteiger partial charge in [-0.05, 0) is 30.5 Å². The molecule has 0 spiro atoms. The van der Waals surface area contributed by atoms with E-state index in [0.29, 0.717) is 12.1 Å². The first-order valence-electron chi connectivity index (χ1n) is 4.29. The van der Waals surface area contributed by atoms with Gasteiger partial charge in [0.05, 0.1) is 5.70 Å². The number of allylic oxidation sites excluding steroid dienone is 1. The van der Waals surface area contributed by atoms with Gasteiger partial charge in [-0.2, -0.15) is 0 Å². The van der Waals surface area contributed by atoms with Crippen molar-refractivity contribution in [2.75, 3.05) is 0 Å². The Morgan fingerprint density at radius 3 is 2.54 bits per heavy atom. The van der Waals surface area contributed by atoms with Crippen LogP contribution < -0.4 is 0 Å². The van der Waals surface area contributed by atoms with E-state index < -0.39 is 0 Å². The monoisotopic (exact) mass is 175 g/mol. The molecule has 0 unspecified atom stereocenters. The summed E-state index contributed by atoms with van der Waals surface area (Å²) in [6.07, 6.45) is 1.48. The van der Waals surface area contributed by atoms with Crippen molar-refractivity contribution in [1.29, 1.82) is 0 Å². The zero-order valence-corrected chi connectivity index (χ0v) is 7.79. The van der Waals surface area contributed by atoms with Gasteiger partial charge in [-0.1, -0.05) is 36.4 Å². The summed E-state index contributed by atoms with van der Waals surface area (Å²) in [5.74, 6) is 0. The Morgan fingerprint density at radius 1 is 1.38 bits per heavy atom. The second-order valence-corrected chi connectivity index (χ2v) is 3.14. The zero-order chi connectivity index (χ0) is 9.68. The second-order valence-electron chi connectivity index (χ2n) is 3.14. The van der Waals surface area contributed by atoms with Gasteiger partial charge in [0, 0.05) is 0 Å². The lowest BCUT2D eigenvalue weighted by Crippen LogP contribution is -1.86. The van der Waals surface area contributed by atoms with E-state index in [4.69, 9.17) is 0 Å². The maximum atomic E-state index is 10.0. The molecule has 0 aliphatic rings. The molecule has 0 fully saturated rings. The number of hydrogen-bond acceptors (Lipinski definition) is 2. The molecular weight excluding hydrogens is 162 g/mol. The minimum absolute atomic E-state index is 0.417. The summed E-state index contributed by atoms with van der Waals surface area (Å²) in [7, 11) is 0. The molecule has 0 saturated carbocycles. The fraction of sp³-hybridized carbons (Fsp3) is 0.273. The van der Waals surface area contributed by atoms with Crippen LogP contribution >= 0.6 is 0 Å². The van der Waals surface area contributed by atoms with Crippen molar-refractivity contribution < 1.29 is 0 Å². The number of benzene rings is 1. The molecule has 13 heavy (non-hydrogen) atoms. The van der Waals surface area contributed by atoms with Gasteiger partial charge in [-0.15, -0.1) is 4.91 Å². The van der Waals surface area contributed by atoms with Gasteiger partial charge < -0.3 is 0 Å². The summed E-state index contributed by atoms with van der Waals surface area (Å²) in [5.41, 5.74) is 2.88. The SMILES string of the molecule is C=C(CCc1ccc(C)cc1)N=O. The lowest BCUT2D eigenvalue weighted by Gasteiger charge is -1.99. The highest BCUT2D eigenvalue weighted by Gasteiger charge is 1.95. The summed E-state index contributed by atoms with van der Waals surface area (Å²) in [6.45, 7) is 5.58. The Hall–Kier alpha value is -1.44.